The zero-order chi connectivity index (χ0) is 30.3. The van der Waals surface area contributed by atoms with Gasteiger partial charge in [0.2, 0.25) is 0 Å². The monoisotopic (exact) mass is 588 g/mol. The highest BCUT2D eigenvalue weighted by Crippen LogP contribution is 2.37. The molecule has 0 spiro atoms. The van der Waals surface area contributed by atoms with Crippen LogP contribution in [-0.2, 0) is 47.7 Å². The Balaban J connectivity index is 2.04. The van der Waals surface area contributed by atoms with E-state index in [2.05, 4.69) is 11.6 Å². The van der Waals surface area contributed by atoms with Crippen LogP contribution in [0.1, 0.15) is 38.8 Å². The molecule has 1 amide bonds. The van der Waals surface area contributed by atoms with Gasteiger partial charge in [-0.25, -0.2) is 4.99 Å². The zero-order valence-electron chi connectivity index (χ0n) is 23.4. The highest BCUT2D eigenvalue weighted by Gasteiger charge is 2.53. The van der Waals surface area contributed by atoms with E-state index < -0.39 is 59.6 Å². The molecule has 0 radical (unpaired) electrons. The van der Waals surface area contributed by atoms with E-state index in [0.717, 1.165) is 43.7 Å². The molecule has 1 saturated heterocycles. The topological polar surface area (TPSA) is 147 Å². The molecule has 3 rings (SSSR count). The predicted octanol–water partition coefficient (Wildman–Crippen LogP) is 2.54. The van der Waals surface area contributed by atoms with Crippen molar-refractivity contribution in [2.75, 3.05) is 13.2 Å². The average Bonchev–Trinajstić information content (AvgIpc) is 3.16. The molecular formula is C28H32N2O10S. The molecule has 1 aromatic rings. The maximum atomic E-state index is 13.3. The van der Waals surface area contributed by atoms with Crippen molar-refractivity contribution in [2.45, 2.75) is 64.5 Å². The third kappa shape index (κ3) is 8.51. The maximum Gasteiger partial charge on any atom is 0.303 e. The van der Waals surface area contributed by atoms with Crippen LogP contribution in [0.5, 0.6) is 0 Å². The number of esters is 4. The third-order valence-electron chi connectivity index (χ3n) is 5.77. The van der Waals surface area contributed by atoms with Crippen molar-refractivity contribution in [2.24, 2.45) is 4.99 Å². The molecule has 1 fully saturated rings. The number of ether oxygens (including phenoxy) is 5. The van der Waals surface area contributed by atoms with Crippen molar-refractivity contribution in [3.8, 4) is 0 Å². The third-order valence-corrected chi connectivity index (χ3v) is 6.91. The van der Waals surface area contributed by atoms with E-state index in [1.165, 1.54) is 17.9 Å². The first-order valence-corrected chi connectivity index (χ1v) is 13.5. The second kappa shape index (κ2) is 14.1. The number of aliphatic imine (C=N–C) groups is 1. The highest BCUT2D eigenvalue weighted by molar-refractivity contribution is 8.14. The second-order valence-electron chi connectivity index (χ2n) is 9.22. The fourth-order valence-corrected chi connectivity index (χ4v) is 5.30. The lowest BCUT2D eigenvalue weighted by Gasteiger charge is -2.44. The second-order valence-corrected chi connectivity index (χ2v) is 10.3. The van der Waals surface area contributed by atoms with Gasteiger partial charge < -0.3 is 23.7 Å². The van der Waals surface area contributed by atoms with Crippen LogP contribution in [0.3, 0.4) is 0 Å². The molecule has 5 atom stereocenters. The average molecular weight is 589 g/mol. The fraction of sp³-hybridized carbons (Fsp3) is 0.429. The number of thioether (sulfide) groups is 1. The van der Waals surface area contributed by atoms with Crippen molar-refractivity contribution in [1.29, 1.82) is 0 Å². The van der Waals surface area contributed by atoms with Crippen LogP contribution in [0.25, 0.3) is 6.08 Å². The zero-order valence-corrected chi connectivity index (χ0v) is 24.2. The Hall–Kier alpha value is -3.97. The Morgan fingerprint density at radius 2 is 1.54 bits per heavy atom. The Morgan fingerprint density at radius 3 is 2.10 bits per heavy atom. The van der Waals surface area contributed by atoms with Gasteiger partial charge in [-0.2, -0.15) is 0 Å². The number of benzene rings is 1. The van der Waals surface area contributed by atoms with E-state index in [9.17, 15) is 24.0 Å². The normalized spacial score (nSPS) is 24.9. The molecule has 0 bridgehead atoms. The van der Waals surface area contributed by atoms with E-state index >= 15 is 0 Å². The van der Waals surface area contributed by atoms with Gasteiger partial charge in [-0.05, 0) is 18.6 Å². The van der Waals surface area contributed by atoms with Crippen LogP contribution in [0.15, 0.2) is 47.6 Å². The van der Waals surface area contributed by atoms with Crippen LogP contribution < -0.4 is 0 Å². The summed E-state index contributed by atoms with van der Waals surface area (Å²) in [6, 6.07) is 7.52. The van der Waals surface area contributed by atoms with Crippen molar-refractivity contribution in [1.82, 2.24) is 4.90 Å². The van der Waals surface area contributed by atoms with Crippen molar-refractivity contribution >= 4 is 52.8 Å². The first kappa shape index (κ1) is 31.6. The van der Waals surface area contributed by atoms with Crippen LogP contribution in [0.4, 0.5) is 0 Å². The van der Waals surface area contributed by atoms with Gasteiger partial charge in [0.15, 0.2) is 28.9 Å². The number of rotatable bonds is 9. The Kier molecular flexibility index (Phi) is 10.8. The number of amidine groups is 1. The van der Waals surface area contributed by atoms with Crippen molar-refractivity contribution in [3.63, 3.8) is 0 Å². The summed E-state index contributed by atoms with van der Waals surface area (Å²) in [4.78, 5) is 66.9. The Bertz CT molecular complexity index is 1260. The van der Waals surface area contributed by atoms with E-state index in [0.29, 0.717) is 0 Å². The van der Waals surface area contributed by atoms with E-state index in [-0.39, 0.29) is 24.0 Å². The first-order chi connectivity index (χ1) is 19.4. The standard InChI is InChI=1S/C28H32N2O10S/c1-7-12-30-26(35)21(13-20-10-8-15(2)9-11-20)29-28(30)41-27-25(39-19(6)34)24(38-18(5)33)23(37-17(4)32)22(40-27)14-36-16(3)31/h7-11,13,22-25,27H,1,12,14H2,2-6H3/b21-13-/t22-,23-,24+,25-,27+/m1/s1. The lowest BCUT2D eigenvalue weighted by Crippen LogP contribution is -2.61. The molecule has 0 saturated carbocycles. The van der Waals surface area contributed by atoms with Gasteiger partial charge in [0, 0.05) is 34.2 Å². The number of amides is 1. The summed E-state index contributed by atoms with van der Waals surface area (Å²) < 4.78 is 27.7. The molecule has 0 aliphatic carbocycles. The van der Waals surface area contributed by atoms with Gasteiger partial charge >= 0.3 is 23.9 Å². The molecule has 0 unspecified atom stereocenters. The molecule has 0 aromatic heterocycles. The highest BCUT2D eigenvalue weighted by atomic mass is 32.2. The molecule has 13 heteroatoms. The van der Waals surface area contributed by atoms with Crippen LogP contribution in [-0.4, -0.2) is 82.9 Å². The molecular weight excluding hydrogens is 556 g/mol. The number of nitrogens with zero attached hydrogens (tertiary/aromatic N) is 2. The number of carbonyl (C=O) groups excluding carboxylic acids is 5. The molecule has 1 aromatic carbocycles. The van der Waals surface area contributed by atoms with Crippen LogP contribution in [0.2, 0.25) is 0 Å². The lowest BCUT2D eigenvalue weighted by atomic mass is 9.99. The minimum atomic E-state index is -1.33. The fourth-order valence-electron chi connectivity index (χ4n) is 4.12. The minimum Gasteiger partial charge on any atom is -0.463 e. The summed E-state index contributed by atoms with van der Waals surface area (Å²) in [5.74, 6) is -3.22. The smallest absolute Gasteiger partial charge is 0.303 e. The molecule has 2 aliphatic rings. The first-order valence-electron chi connectivity index (χ1n) is 12.7. The van der Waals surface area contributed by atoms with Gasteiger partial charge in [-0.15, -0.1) is 6.58 Å². The number of hydrogen-bond donors (Lipinski definition) is 0. The largest absolute Gasteiger partial charge is 0.463 e. The Labute approximate surface area is 241 Å². The van der Waals surface area contributed by atoms with Gasteiger partial charge in [0.05, 0.1) is 0 Å². The SMILES string of the molecule is C=CCN1C(=O)/C(=C/c2ccc(C)cc2)N=C1S[C@@H]1O[C@H](COC(C)=O)[C@@H](OC(C)=O)[C@H](OC(C)=O)[C@H]1OC(C)=O. The Morgan fingerprint density at radius 1 is 0.951 bits per heavy atom. The number of carbonyl (C=O) groups is 5. The summed E-state index contributed by atoms with van der Waals surface area (Å²) in [7, 11) is 0. The van der Waals surface area contributed by atoms with Crippen molar-refractivity contribution < 1.29 is 47.7 Å². The summed E-state index contributed by atoms with van der Waals surface area (Å²) in [6.07, 6.45) is -1.88. The van der Waals surface area contributed by atoms with E-state index in [4.69, 9.17) is 23.7 Å². The summed E-state index contributed by atoms with van der Waals surface area (Å²) in [5, 5.41) is 0.203. The lowest BCUT2D eigenvalue weighted by molar-refractivity contribution is -0.237. The van der Waals surface area contributed by atoms with Crippen LogP contribution in [0, 0.1) is 6.92 Å². The van der Waals surface area contributed by atoms with E-state index in [1.807, 2.05) is 31.2 Å². The van der Waals surface area contributed by atoms with Gasteiger partial charge in [0.1, 0.15) is 18.4 Å². The predicted molar refractivity (Wildman–Crippen MR) is 148 cm³/mol. The van der Waals surface area contributed by atoms with E-state index in [1.54, 1.807) is 6.08 Å². The summed E-state index contributed by atoms with van der Waals surface area (Å²) in [6.45, 7) is 10.0. The summed E-state index contributed by atoms with van der Waals surface area (Å²) >= 11 is 0.931. The number of aryl methyl sites for hydroxylation is 1. The van der Waals surface area contributed by atoms with Gasteiger partial charge in [-0.1, -0.05) is 47.7 Å². The van der Waals surface area contributed by atoms with Gasteiger partial charge in [0.25, 0.3) is 5.91 Å². The molecule has 2 heterocycles. The molecule has 220 valence electrons. The van der Waals surface area contributed by atoms with Crippen LogP contribution >= 0.6 is 11.8 Å². The quantitative estimate of drug-likeness (QED) is 0.181. The maximum absolute atomic E-state index is 13.3. The number of hydrogen-bond acceptors (Lipinski definition) is 12. The summed E-state index contributed by atoms with van der Waals surface area (Å²) in [5.41, 5.74) is 0.846. The van der Waals surface area contributed by atoms with Crippen molar-refractivity contribution in [3.05, 3.63) is 53.7 Å². The molecule has 12 nitrogen and oxygen atoms in total. The molecule has 2 aliphatic heterocycles. The minimum absolute atomic E-state index is 0.112. The molecule has 0 N–H and O–H groups in total. The molecule has 41 heavy (non-hydrogen) atoms. The van der Waals surface area contributed by atoms with Gasteiger partial charge in [-0.3, -0.25) is 28.9 Å².